The van der Waals surface area contributed by atoms with Crippen LogP contribution in [0.4, 0.5) is 0 Å². The predicted octanol–water partition coefficient (Wildman–Crippen LogP) is 1.39. The predicted molar refractivity (Wildman–Crippen MR) is 81.1 cm³/mol. The molecule has 0 aromatic heterocycles. The molecular weight excluding hydrogens is 298 g/mol. The lowest BCUT2D eigenvalue weighted by molar-refractivity contribution is -0.160. The lowest BCUT2D eigenvalue weighted by Crippen LogP contribution is -2.42. The van der Waals surface area contributed by atoms with Crippen LogP contribution in [0.3, 0.4) is 0 Å². The molecule has 1 aromatic rings. The van der Waals surface area contributed by atoms with E-state index in [0.717, 1.165) is 12.0 Å². The number of hydrogen-bond donors (Lipinski definition) is 0. The number of rotatable bonds is 3. The summed E-state index contributed by atoms with van der Waals surface area (Å²) in [6.07, 6.45) is 1.17. The van der Waals surface area contributed by atoms with E-state index in [1.807, 2.05) is 18.2 Å². The molecule has 122 valence electrons. The van der Waals surface area contributed by atoms with Gasteiger partial charge in [-0.15, -0.1) is 0 Å². The summed E-state index contributed by atoms with van der Waals surface area (Å²) >= 11 is 0. The van der Waals surface area contributed by atoms with E-state index in [2.05, 4.69) is 6.07 Å². The number of esters is 1. The quantitative estimate of drug-likeness (QED) is 0.788. The van der Waals surface area contributed by atoms with E-state index in [1.165, 1.54) is 11.8 Å². The third kappa shape index (κ3) is 3.47. The van der Waals surface area contributed by atoms with Gasteiger partial charge in [-0.2, -0.15) is 0 Å². The van der Waals surface area contributed by atoms with Gasteiger partial charge in [0, 0.05) is 13.1 Å². The van der Waals surface area contributed by atoms with Gasteiger partial charge in [-0.25, -0.2) is 4.79 Å². The van der Waals surface area contributed by atoms with Crippen LogP contribution in [0, 0.1) is 0 Å². The molecule has 0 unspecified atom stereocenters. The molecule has 0 saturated carbocycles. The van der Waals surface area contributed by atoms with Crippen molar-refractivity contribution < 1.29 is 23.8 Å². The average molecular weight is 317 g/mol. The van der Waals surface area contributed by atoms with E-state index < -0.39 is 12.1 Å². The van der Waals surface area contributed by atoms with Crippen molar-refractivity contribution >= 4 is 11.9 Å². The number of carbonyl (C=O) groups is 2. The van der Waals surface area contributed by atoms with Crippen LogP contribution in [0.5, 0.6) is 0 Å². The largest absolute Gasteiger partial charge is 0.493 e. The number of amides is 1. The lowest BCUT2D eigenvalue weighted by Gasteiger charge is -2.30. The summed E-state index contributed by atoms with van der Waals surface area (Å²) in [6, 6.07) is 8.06. The molecule has 0 spiro atoms. The molecule has 0 bridgehead atoms. The van der Waals surface area contributed by atoms with Crippen LogP contribution in [0.1, 0.15) is 18.1 Å². The van der Waals surface area contributed by atoms with Crippen LogP contribution in [-0.4, -0.2) is 42.6 Å². The molecule has 0 N–H and O–H groups in total. The van der Waals surface area contributed by atoms with E-state index in [0.29, 0.717) is 26.3 Å². The zero-order valence-electron chi connectivity index (χ0n) is 13.0. The minimum atomic E-state index is -0.862. The smallest absolute Gasteiger partial charge is 0.377 e. The second-order valence-electron chi connectivity index (χ2n) is 5.53. The van der Waals surface area contributed by atoms with Crippen molar-refractivity contribution in [3.8, 4) is 0 Å². The SMILES string of the molecule is C[C@@H](OC(=O)C1=COCCO1)C(=O)N1CCc2ccccc2C1. The fourth-order valence-electron chi connectivity index (χ4n) is 2.69. The van der Waals surface area contributed by atoms with Crippen molar-refractivity contribution in [1.82, 2.24) is 4.90 Å². The molecule has 1 aromatic carbocycles. The highest BCUT2D eigenvalue weighted by Crippen LogP contribution is 2.19. The topological polar surface area (TPSA) is 65.1 Å². The molecule has 1 atom stereocenters. The fraction of sp³-hybridized carbons (Fsp3) is 0.412. The van der Waals surface area contributed by atoms with Gasteiger partial charge in [0.15, 0.2) is 6.10 Å². The summed E-state index contributed by atoms with van der Waals surface area (Å²) in [4.78, 5) is 26.1. The van der Waals surface area contributed by atoms with E-state index in [9.17, 15) is 9.59 Å². The van der Waals surface area contributed by atoms with Gasteiger partial charge >= 0.3 is 5.97 Å². The summed E-state index contributed by atoms with van der Waals surface area (Å²) in [6.45, 7) is 3.44. The molecule has 0 fully saturated rings. The zero-order chi connectivity index (χ0) is 16.2. The molecule has 0 aliphatic carbocycles. The second kappa shape index (κ2) is 6.73. The van der Waals surface area contributed by atoms with Gasteiger partial charge in [-0.3, -0.25) is 4.79 Å². The first-order valence-corrected chi connectivity index (χ1v) is 7.66. The van der Waals surface area contributed by atoms with Gasteiger partial charge in [0.2, 0.25) is 5.76 Å². The third-order valence-corrected chi connectivity index (χ3v) is 3.92. The second-order valence-corrected chi connectivity index (χ2v) is 5.53. The van der Waals surface area contributed by atoms with Crippen molar-refractivity contribution in [1.29, 1.82) is 0 Å². The Kier molecular flexibility index (Phi) is 4.50. The molecule has 1 amide bonds. The molecule has 2 heterocycles. The summed E-state index contributed by atoms with van der Waals surface area (Å²) in [5.41, 5.74) is 2.40. The number of fused-ring (bicyclic) bond motifs is 1. The van der Waals surface area contributed by atoms with E-state index in [-0.39, 0.29) is 11.7 Å². The lowest BCUT2D eigenvalue weighted by atomic mass is 9.99. The number of benzene rings is 1. The molecule has 6 nitrogen and oxygen atoms in total. The van der Waals surface area contributed by atoms with Gasteiger partial charge < -0.3 is 19.1 Å². The number of carbonyl (C=O) groups excluding carboxylic acids is 2. The first kappa shape index (κ1) is 15.4. The van der Waals surface area contributed by atoms with Crippen LogP contribution in [0.25, 0.3) is 0 Å². The molecule has 2 aliphatic heterocycles. The van der Waals surface area contributed by atoms with Gasteiger partial charge in [-0.05, 0) is 24.5 Å². The van der Waals surface area contributed by atoms with E-state index in [1.54, 1.807) is 11.8 Å². The maximum absolute atomic E-state index is 12.5. The van der Waals surface area contributed by atoms with E-state index in [4.69, 9.17) is 14.2 Å². The first-order chi connectivity index (χ1) is 11.1. The van der Waals surface area contributed by atoms with Crippen molar-refractivity contribution in [2.75, 3.05) is 19.8 Å². The fourth-order valence-corrected chi connectivity index (χ4v) is 2.69. The van der Waals surface area contributed by atoms with Crippen LogP contribution >= 0.6 is 0 Å². The maximum Gasteiger partial charge on any atom is 0.377 e. The van der Waals surface area contributed by atoms with Gasteiger partial charge in [0.05, 0.1) is 0 Å². The molecular formula is C17H19NO5. The molecule has 0 radical (unpaired) electrons. The Balaban J connectivity index is 1.60. The van der Waals surface area contributed by atoms with Crippen LogP contribution in [-0.2, 0) is 36.8 Å². The van der Waals surface area contributed by atoms with Crippen LogP contribution in [0.2, 0.25) is 0 Å². The summed E-state index contributed by atoms with van der Waals surface area (Å²) in [7, 11) is 0. The Morgan fingerprint density at radius 2 is 2.00 bits per heavy atom. The highest BCUT2D eigenvalue weighted by molar-refractivity contribution is 5.90. The summed E-state index contributed by atoms with van der Waals surface area (Å²) < 4.78 is 15.4. The molecule has 3 rings (SSSR count). The minimum Gasteiger partial charge on any atom is -0.493 e. The van der Waals surface area contributed by atoms with E-state index >= 15 is 0 Å². The number of nitrogens with zero attached hydrogens (tertiary/aromatic N) is 1. The molecule has 23 heavy (non-hydrogen) atoms. The summed E-state index contributed by atoms with van der Waals surface area (Å²) in [5, 5.41) is 0. The first-order valence-electron chi connectivity index (χ1n) is 7.66. The highest BCUT2D eigenvalue weighted by atomic mass is 16.6. The normalized spacial score (nSPS) is 18.0. The summed E-state index contributed by atoms with van der Waals surface area (Å²) in [5.74, 6) is -0.881. The number of hydrogen-bond acceptors (Lipinski definition) is 5. The van der Waals surface area contributed by atoms with Crippen LogP contribution in [0.15, 0.2) is 36.3 Å². The van der Waals surface area contributed by atoms with Gasteiger partial charge in [0.25, 0.3) is 5.91 Å². The van der Waals surface area contributed by atoms with Crippen molar-refractivity contribution in [2.45, 2.75) is 26.0 Å². The van der Waals surface area contributed by atoms with Crippen molar-refractivity contribution in [2.24, 2.45) is 0 Å². The van der Waals surface area contributed by atoms with Crippen molar-refractivity contribution in [3.05, 3.63) is 47.4 Å². The highest BCUT2D eigenvalue weighted by Gasteiger charge is 2.28. The van der Waals surface area contributed by atoms with Gasteiger partial charge in [-0.1, -0.05) is 24.3 Å². The number of ether oxygens (including phenoxy) is 3. The Hall–Kier alpha value is -2.50. The minimum absolute atomic E-state index is 0.000102. The van der Waals surface area contributed by atoms with Gasteiger partial charge in [0.1, 0.15) is 19.5 Å². The molecule has 0 saturated heterocycles. The average Bonchev–Trinajstić information content (AvgIpc) is 2.61. The Labute approximate surface area is 134 Å². The Morgan fingerprint density at radius 3 is 2.74 bits per heavy atom. The molecule has 2 aliphatic rings. The standard InChI is InChI=1S/C17H19NO5/c1-12(23-17(20)15-11-21-8-9-22-15)16(19)18-7-6-13-4-2-3-5-14(13)10-18/h2-5,11-12H,6-10H2,1H3/t12-/m1/s1. The van der Waals surface area contributed by atoms with Crippen molar-refractivity contribution in [3.63, 3.8) is 0 Å². The Morgan fingerprint density at radius 1 is 1.22 bits per heavy atom. The zero-order valence-corrected chi connectivity index (χ0v) is 13.0. The van der Waals surface area contributed by atoms with Crippen LogP contribution < -0.4 is 0 Å². The third-order valence-electron chi connectivity index (χ3n) is 3.92. The Bertz CT molecular complexity index is 640. The monoisotopic (exact) mass is 317 g/mol. The molecule has 6 heteroatoms. The maximum atomic E-state index is 12.5.